The van der Waals surface area contributed by atoms with E-state index in [0.29, 0.717) is 17.7 Å². The highest BCUT2D eigenvalue weighted by molar-refractivity contribution is 9.09. The lowest BCUT2D eigenvalue weighted by molar-refractivity contribution is 0.0905. The van der Waals surface area contributed by atoms with E-state index in [1.165, 1.54) is 19.2 Å². The van der Waals surface area contributed by atoms with Gasteiger partial charge in [0, 0.05) is 12.4 Å². The molecule has 0 heterocycles. The van der Waals surface area contributed by atoms with Gasteiger partial charge in [-0.2, -0.15) is 0 Å². The number of rotatable bonds is 6. The first-order valence-corrected chi connectivity index (χ1v) is 6.47. The Morgan fingerprint density at radius 1 is 1.50 bits per heavy atom. The maximum absolute atomic E-state index is 12.0. The number of halogens is 1. The Morgan fingerprint density at radius 3 is 2.78 bits per heavy atom. The van der Waals surface area contributed by atoms with Crippen LogP contribution in [0.2, 0.25) is 0 Å². The van der Waals surface area contributed by atoms with Crippen molar-refractivity contribution < 1.29 is 19.4 Å². The maximum Gasteiger partial charge on any atom is 0.255 e. The maximum atomic E-state index is 12.0. The van der Waals surface area contributed by atoms with Crippen LogP contribution in [0.1, 0.15) is 10.4 Å². The Labute approximate surface area is 114 Å². The van der Waals surface area contributed by atoms with Gasteiger partial charge < -0.3 is 19.9 Å². The largest absolute Gasteiger partial charge is 0.507 e. The predicted octanol–water partition coefficient (Wildman–Crippen LogP) is 1.54. The van der Waals surface area contributed by atoms with Gasteiger partial charge in [-0.25, -0.2) is 0 Å². The molecule has 1 aromatic carbocycles. The number of amides is 1. The molecule has 1 amide bonds. The number of hydrogen-bond donors (Lipinski definition) is 2. The lowest BCUT2D eigenvalue weighted by atomic mass is 10.1. The first-order valence-electron chi connectivity index (χ1n) is 5.35. The van der Waals surface area contributed by atoms with Crippen molar-refractivity contribution in [3.05, 3.63) is 23.8 Å². The molecular formula is C12H16BrNO4. The Bertz CT molecular complexity index is 411. The molecule has 1 unspecified atom stereocenters. The fraction of sp³-hybridized carbons (Fsp3) is 0.417. The van der Waals surface area contributed by atoms with Crippen LogP contribution in [-0.2, 0) is 4.74 Å². The molecule has 0 radical (unpaired) electrons. The number of benzene rings is 1. The molecule has 0 aliphatic heterocycles. The van der Waals surface area contributed by atoms with Crippen LogP contribution in [0.3, 0.4) is 0 Å². The molecule has 1 atom stereocenters. The SMILES string of the molecule is COCC(CBr)NC(=O)c1cc(OC)ccc1O. The molecule has 1 rings (SSSR count). The Morgan fingerprint density at radius 2 is 2.22 bits per heavy atom. The number of hydrogen-bond acceptors (Lipinski definition) is 4. The summed E-state index contributed by atoms with van der Waals surface area (Å²) in [5.74, 6) is 0.0621. The van der Waals surface area contributed by atoms with Gasteiger partial charge in [0.1, 0.15) is 11.5 Å². The smallest absolute Gasteiger partial charge is 0.255 e. The zero-order valence-electron chi connectivity index (χ0n) is 10.3. The number of phenolic OH excluding ortho intramolecular Hbond substituents is 1. The molecule has 100 valence electrons. The monoisotopic (exact) mass is 317 g/mol. The van der Waals surface area contributed by atoms with Crippen molar-refractivity contribution in [3.8, 4) is 11.5 Å². The van der Waals surface area contributed by atoms with Gasteiger partial charge in [-0.05, 0) is 18.2 Å². The summed E-state index contributed by atoms with van der Waals surface area (Å²) in [6, 6.07) is 4.34. The molecule has 1 aromatic rings. The van der Waals surface area contributed by atoms with Crippen molar-refractivity contribution in [1.82, 2.24) is 5.32 Å². The van der Waals surface area contributed by atoms with E-state index in [4.69, 9.17) is 9.47 Å². The number of carbonyl (C=O) groups excluding carboxylic acids is 1. The second-order valence-electron chi connectivity index (χ2n) is 3.66. The van der Waals surface area contributed by atoms with E-state index in [0.717, 1.165) is 0 Å². The zero-order valence-corrected chi connectivity index (χ0v) is 11.9. The third kappa shape index (κ3) is 3.89. The molecule has 0 aliphatic carbocycles. The summed E-state index contributed by atoms with van der Waals surface area (Å²) in [4.78, 5) is 12.0. The minimum absolute atomic E-state index is 0.0842. The fourth-order valence-corrected chi connectivity index (χ4v) is 1.76. The van der Waals surface area contributed by atoms with Crippen molar-refractivity contribution in [2.45, 2.75) is 6.04 Å². The summed E-state index contributed by atoms with van der Waals surface area (Å²) in [7, 11) is 3.06. The van der Waals surface area contributed by atoms with Crippen LogP contribution in [-0.4, -0.2) is 43.2 Å². The number of methoxy groups -OCH3 is 2. The first kappa shape index (κ1) is 14.8. The highest BCUT2D eigenvalue weighted by atomic mass is 79.9. The second-order valence-corrected chi connectivity index (χ2v) is 4.31. The quantitative estimate of drug-likeness (QED) is 0.781. The minimum Gasteiger partial charge on any atom is -0.507 e. The molecule has 0 saturated heterocycles. The molecule has 0 spiro atoms. The molecular weight excluding hydrogens is 302 g/mol. The van der Waals surface area contributed by atoms with Gasteiger partial charge in [-0.15, -0.1) is 0 Å². The average Bonchev–Trinajstić information content (AvgIpc) is 2.38. The van der Waals surface area contributed by atoms with Crippen molar-refractivity contribution in [3.63, 3.8) is 0 Å². The van der Waals surface area contributed by atoms with Gasteiger partial charge in [0.2, 0.25) is 0 Å². The first-order chi connectivity index (χ1) is 8.62. The predicted molar refractivity (Wildman–Crippen MR) is 71.6 cm³/mol. The number of aromatic hydroxyl groups is 1. The standard InChI is InChI=1S/C12H16BrNO4/c1-17-7-8(6-13)14-12(16)10-5-9(18-2)3-4-11(10)15/h3-5,8,15H,6-7H2,1-2H3,(H,14,16). The van der Waals surface area contributed by atoms with Crippen LogP contribution in [0.5, 0.6) is 11.5 Å². The van der Waals surface area contributed by atoms with Gasteiger partial charge in [-0.1, -0.05) is 15.9 Å². The van der Waals surface area contributed by atoms with E-state index in [-0.39, 0.29) is 23.3 Å². The molecule has 0 bridgehead atoms. The summed E-state index contributed by atoms with van der Waals surface area (Å²) < 4.78 is 9.99. The molecule has 5 nitrogen and oxygen atoms in total. The van der Waals surface area contributed by atoms with Crippen LogP contribution in [0.25, 0.3) is 0 Å². The molecule has 0 aromatic heterocycles. The van der Waals surface area contributed by atoms with Crippen LogP contribution in [0, 0.1) is 0 Å². The van der Waals surface area contributed by atoms with Crippen molar-refractivity contribution >= 4 is 21.8 Å². The van der Waals surface area contributed by atoms with E-state index in [1.54, 1.807) is 13.2 Å². The zero-order chi connectivity index (χ0) is 13.5. The van der Waals surface area contributed by atoms with Gasteiger partial charge in [0.25, 0.3) is 5.91 Å². The van der Waals surface area contributed by atoms with E-state index in [2.05, 4.69) is 21.2 Å². The third-order valence-corrected chi connectivity index (χ3v) is 3.12. The summed E-state index contributed by atoms with van der Waals surface area (Å²) in [6.45, 7) is 0.391. The van der Waals surface area contributed by atoms with E-state index >= 15 is 0 Å². The Kier molecular flexibility index (Phi) is 5.94. The third-order valence-electron chi connectivity index (χ3n) is 2.34. The topological polar surface area (TPSA) is 67.8 Å². The second kappa shape index (κ2) is 7.23. The van der Waals surface area contributed by atoms with Crippen LogP contribution in [0.4, 0.5) is 0 Å². The van der Waals surface area contributed by atoms with Crippen molar-refractivity contribution in [1.29, 1.82) is 0 Å². The average molecular weight is 318 g/mol. The molecule has 18 heavy (non-hydrogen) atoms. The Hall–Kier alpha value is -1.27. The summed E-state index contributed by atoms with van der Waals surface area (Å²) in [5, 5.41) is 13.0. The highest BCUT2D eigenvalue weighted by Gasteiger charge is 2.16. The number of nitrogens with one attached hydrogen (secondary N) is 1. The summed E-state index contributed by atoms with van der Waals surface area (Å²) >= 11 is 3.28. The molecule has 0 fully saturated rings. The Balaban J connectivity index is 2.82. The van der Waals surface area contributed by atoms with Crippen molar-refractivity contribution in [2.24, 2.45) is 0 Å². The number of ether oxygens (including phenoxy) is 2. The van der Waals surface area contributed by atoms with Crippen molar-refractivity contribution in [2.75, 3.05) is 26.2 Å². The van der Waals surface area contributed by atoms with Gasteiger partial charge in [0.05, 0.1) is 25.3 Å². The number of carbonyl (C=O) groups is 1. The van der Waals surface area contributed by atoms with E-state index < -0.39 is 0 Å². The summed E-state index contributed by atoms with van der Waals surface area (Å²) in [6.07, 6.45) is 0. The molecule has 2 N–H and O–H groups in total. The molecule has 6 heteroatoms. The van der Waals surface area contributed by atoms with Crippen LogP contribution >= 0.6 is 15.9 Å². The fourth-order valence-electron chi connectivity index (χ4n) is 1.41. The molecule has 0 aliphatic rings. The van der Waals surface area contributed by atoms with Crippen LogP contribution < -0.4 is 10.1 Å². The lowest BCUT2D eigenvalue weighted by Gasteiger charge is -2.16. The highest BCUT2D eigenvalue weighted by Crippen LogP contribution is 2.22. The lowest BCUT2D eigenvalue weighted by Crippen LogP contribution is -2.39. The summed E-state index contributed by atoms with van der Waals surface area (Å²) in [5.41, 5.74) is 0.177. The van der Waals surface area contributed by atoms with E-state index in [1.807, 2.05) is 0 Å². The number of phenols is 1. The number of alkyl halides is 1. The van der Waals surface area contributed by atoms with Crippen LogP contribution in [0.15, 0.2) is 18.2 Å². The van der Waals surface area contributed by atoms with Gasteiger partial charge >= 0.3 is 0 Å². The minimum atomic E-state index is -0.368. The van der Waals surface area contributed by atoms with E-state index in [9.17, 15) is 9.90 Å². The van der Waals surface area contributed by atoms with Gasteiger partial charge in [-0.3, -0.25) is 4.79 Å². The molecule has 0 saturated carbocycles. The van der Waals surface area contributed by atoms with Gasteiger partial charge in [0.15, 0.2) is 0 Å². The normalized spacial score (nSPS) is 11.9.